The molecule has 0 bridgehead atoms. The summed E-state index contributed by atoms with van der Waals surface area (Å²) in [6, 6.07) is 19.2. The van der Waals surface area contributed by atoms with Gasteiger partial charge < -0.3 is 15.1 Å². The average Bonchev–Trinajstić information content (AvgIpc) is 3.29. The predicted octanol–water partition coefficient (Wildman–Crippen LogP) is 4.18. The second-order valence-corrected chi connectivity index (χ2v) is 8.11. The first-order chi connectivity index (χ1) is 13.8. The Labute approximate surface area is 168 Å². The van der Waals surface area contributed by atoms with Crippen LogP contribution in [0.2, 0.25) is 0 Å². The number of hydrogen-bond acceptors (Lipinski definition) is 3. The predicted molar refractivity (Wildman–Crippen MR) is 116 cm³/mol. The highest BCUT2D eigenvalue weighted by Crippen LogP contribution is 2.23. The van der Waals surface area contributed by atoms with Crippen LogP contribution in [0.25, 0.3) is 0 Å². The fourth-order valence-electron chi connectivity index (χ4n) is 4.39. The van der Waals surface area contributed by atoms with E-state index in [1.54, 1.807) is 0 Å². The van der Waals surface area contributed by atoms with Gasteiger partial charge in [-0.25, -0.2) is 0 Å². The second kappa shape index (κ2) is 9.13. The Balaban J connectivity index is 1.20. The Morgan fingerprint density at radius 1 is 0.893 bits per heavy atom. The molecule has 2 heterocycles. The van der Waals surface area contributed by atoms with E-state index in [1.807, 2.05) is 4.90 Å². The van der Waals surface area contributed by atoms with E-state index in [0.717, 1.165) is 51.1 Å². The van der Waals surface area contributed by atoms with Crippen LogP contribution in [0.5, 0.6) is 0 Å². The van der Waals surface area contributed by atoms with Gasteiger partial charge in [0.25, 0.3) is 0 Å². The molecule has 2 aromatic rings. The van der Waals surface area contributed by atoms with Gasteiger partial charge in [0.05, 0.1) is 6.54 Å². The van der Waals surface area contributed by atoms with Crippen LogP contribution in [0.3, 0.4) is 0 Å². The first kappa shape index (κ1) is 18.9. The zero-order valence-electron chi connectivity index (χ0n) is 16.6. The lowest BCUT2D eigenvalue weighted by molar-refractivity contribution is -0.130. The molecular formula is C24H31N3O. The first-order valence-corrected chi connectivity index (χ1v) is 10.7. The lowest BCUT2D eigenvalue weighted by atomic mass is 9.90. The zero-order valence-corrected chi connectivity index (χ0v) is 16.6. The molecule has 2 saturated heterocycles. The number of rotatable bonds is 6. The molecule has 0 spiro atoms. The largest absolute Gasteiger partial charge is 0.376 e. The third-order valence-corrected chi connectivity index (χ3v) is 6.12. The van der Waals surface area contributed by atoms with Gasteiger partial charge in [0, 0.05) is 37.6 Å². The molecule has 28 heavy (non-hydrogen) atoms. The Kier molecular flexibility index (Phi) is 6.15. The number of nitrogens with zero attached hydrogens (tertiary/aromatic N) is 2. The van der Waals surface area contributed by atoms with Crippen molar-refractivity contribution in [3.05, 3.63) is 60.2 Å². The normalized spacial score (nSPS) is 17.7. The van der Waals surface area contributed by atoms with E-state index >= 15 is 0 Å². The van der Waals surface area contributed by atoms with Crippen molar-refractivity contribution in [1.82, 2.24) is 4.90 Å². The smallest absolute Gasteiger partial charge is 0.241 e. The molecule has 0 saturated carbocycles. The third kappa shape index (κ3) is 4.86. The number of benzene rings is 2. The maximum absolute atomic E-state index is 12.6. The lowest BCUT2D eigenvalue weighted by Gasteiger charge is -2.32. The molecule has 0 unspecified atom stereocenters. The molecule has 0 atom stereocenters. The summed E-state index contributed by atoms with van der Waals surface area (Å²) in [5.74, 6) is 0.902. The van der Waals surface area contributed by atoms with E-state index in [1.165, 1.54) is 24.1 Å². The van der Waals surface area contributed by atoms with Gasteiger partial charge in [-0.1, -0.05) is 30.3 Å². The number of hydrogen-bond donors (Lipinski definition) is 1. The van der Waals surface area contributed by atoms with Crippen LogP contribution in [0.15, 0.2) is 54.6 Å². The number of nitrogens with one attached hydrogen (secondary N) is 1. The summed E-state index contributed by atoms with van der Waals surface area (Å²) < 4.78 is 0. The van der Waals surface area contributed by atoms with Crippen LogP contribution in [0.4, 0.5) is 11.4 Å². The van der Waals surface area contributed by atoms with Crippen molar-refractivity contribution in [2.75, 3.05) is 42.9 Å². The van der Waals surface area contributed by atoms with E-state index in [4.69, 9.17) is 0 Å². The standard InChI is InChI=1S/C24H31N3O/c28-24(19-25-22-8-10-23(11-9-22)26-14-4-5-15-26)27-16-12-21(13-17-27)18-20-6-2-1-3-7-20/h1-3,6-11,21,25H,4-5,12-19H2. The zero-order chi connectivity index (χ0) is 19.2. The van der Waals surface area contributed by atoms with E-state index in [0.29, 0.717) is 12.5 Å². The summed E-state index contributed by atoms with van der Waals surface area (Å²) in [5.41, 5.74) is 3.72. The first-order valence-electron chi connectivity index (χ1n) is 10.7. The molecule has 0 aromatic heterocycles. The maximum atomic E-state index is 12.6. The van der Waals surface area contributed by atoms with Crippen molar-refractivity contribution in [2.24, 2.45) is 5.92 Å². The Morgan fingerprint density at radius 3 is 2.25 bits per heavy atom. The van der Waals surface area contributed by atoms with Gasteiger partial charge in [0.1, 0.15) is 0 Å². The van der Waals surface area contributed by atoms with Crippen LogP contribution < -0.4 is 10.2 Å². The second-order valence-electron chi connectivity index (χ2n) is 8.11. The summed E-state index contributed by atoms with van der Waals surface area (Å²) in [6.07, 6.45) is 5.91. The fraction of sp³-hybridized carbons (Fsp3) is 0.458. The number of amides is 1. The molecule has 1 amide bonds. The van der Waals surface area contributed by atoms with E-state index in [2.05, 4.69) is 64.8 Å². The van der Waals surface area contributed by atoms with Gasteiger partial charge in [-0.2, -0.15) is 0 Å². The maximum Gasteiger partial charge on any atom is 0.241 e. The Bertz CT molecular complexity index is 745. The molecule has 0 aliphatic carbocycles. The molecule has 1 N–H and O–H groups in total. The molecule has 4 heteroatoms. The molecule has 2 aliphatic rings. The van der Waals surface area contributed by atoms with Gasteiger partial charge >= 0.3 is 0 Å². The highest BCUT2D eigenvalue weighted by molar-refractivity contribution is 5.81. The minimum atomic E-state index is 0.210. The van der Waals surface area contributed by atoms with Crippen molar-refractivity contribution < 1.29 is 4.79 Å². The number of carbonyl (C=O) groups excluding carboxylic acids is 1. The van der Waals surface area contributed by atoms with E-state index in [-0.39, 0.29) is 5.91 Å². The van der Waals surface area contributed by atoms with Crippen molar-refractivity contribution in [2.45, 2.75) is 32.1 Å². The minimum absolute atomic E-state index is 0.210. The molecule has 2 aromatic carbocycles. The molecule has 148 valence electrons. The fourth-order valence-corrected chi connectivity index (χ4v) is 4.39. The lowest BCUT2D eigenvalue weighted by Crippen LogP contribution is -2.41. The summed E-state index contributed by atoms with van der Waals surface area (Å²) in [7, 11) is 0. The molecule has 4 rings (SSSR count). The SMILES string of the molecule is O=C(CNc1ccc(N2CCCC2)cc1)N1CCC(Cc2ccccc2)CC1. The van der Waals surface area contributed by atoms with Crippen LogP contribution in [-0.4, -0.2) is 43.5 Å². The summed E-state index contributed by atoms with van der Waals surface area (Å²) in [4.78, 5) is 17.0. The summed E-state index contributed by atoms with van der Waals surface area (Å²) in [6.45, 7) is 4.46. The van der Waals surface area contributed by atoms with Crippen LogP contribution in [0, 0.1) is 5.92 Å². The summed E-state index contributed by atoms with van der Waals surface area (Å²) >= 11 is 0. The van der Waals surface area contributed by atoms with Gasteiger partial charge in [0.15, 0.2) is 0 Å². The van der Waals surface area contributed by atoms with Crippen molar-refractivity contribution in [1.29, 1.82) is 0 Å². The average molecular weight is 378 g/mol. The number of anilines is 2. The monoisotopic (exact) mass is 377 g/mol. The minimum Gasteiger partial charge on any atom is -0.376 e. The van der Waals surface area contributed by atoms with Crippen molar-refractivity contribution in [3.63, 3.8) is 0 Å². The highest BCUT2D eigenvalue weighted by atomic mass is 16.2. The van der Waals surface area contributed by atoms with Crippen molar-refractivity contribution in [3.8, 4) is 0 Å². The Morgan fingerprint density at radius 2 is 1.57 bits per heavy atom. The number of carbonyl (C=O) groups is 1. The highest BCUT2D eigenvalue weighted by Gasteiger charge is 2.22. The van der Waals surface area contributed by atoms with Gasteiger partial charge in [0.2, 0.25) is 5.91 Å². The van der Waals surface area contributed by atoms with E-state index in [9.17, 15) is 4.79 Å². The molecular weight excluding hydrogens is 346 g/mol. The quantitative estimate of drug-likeness (QED) is 0.820. The van der Waals surface area contributed by atoms with Crippen LogP contribution in [0.1, 0.15) is 31.2 Å². The topological polar surface area (TPSA) is 35.6 Å². The Hall–Kier alpha value is -2.49. The van der Waals surface area contributed by atoms with E-state index < -0.39 is 0 Å². The van der Waals surface area contributed by atoms with Gasteiger partial charge in [-0.15, -0.1) is 0 Å². The van der Waals surface area contributed by atoms with Crippen LogP contribution >= 0.6 is 0 Å². The van der Waals surface area contributed by atoms with Crippen molar-refractivity contribution >= 4 is 17.3 Å². The molecule has 2 aliphatic heterocycles. The molecule has 0 radical (unpaired) electrons. The molecule has 4 nitrogen and oxygen atoms in total. The van der Waals surface area contributed by atoms with Gasteiger partial charge in [-0.05, 0) is 67.9 Å². The summed E-state index contributed by atoms with van der Waals surface area (Å²) in [5, 5.41) is 3.30. The van der Waals surface area contributed by atoms with Gasteiger partial charge in [-0.3, -0.25) is 4.79 Å². The van der Waals surface area contributed by atoms with Crippen LogP contribution in [-0.2, 0) is 11.2 Å². The third-order valence-electron chi connectivity index (χ3n) is 6.12. The number of piperidine rings is 1. The molecule has 2 fully saturated rings. The number of likely N-dealkylation sites (tertiary alicyclic amines) is 1.